The molecule has 1 aromatic carbocycles. The summed E-state index contributed by atoms with van der Waals surface area (Å²) in [5.41, 5.74) is 0.556. The first-order valence-electron chi connectivity index (χ1n) is 5.96. The molecule has 0 amide bonds. The summed E-state index contributed by atoms with van der Waals surface area (Å²) in [6.07, 6.45) is 2.92. The normalized spacial score (nSPS) is 19.1. The Kier molecular flexibility index (Phi) is 4.10. The van der Waals surface area contributed by atoms with Crippen molar-refractivity contribution < 1.29 is 23.1 Å². The lowest BCUT2D eigenvalue weighted by atomic mass is 10.2. The maximum absolute atomic E-state index is 12.3. The van der Waals surface area contributed by atoms with Gasteiger partial charge in [-0.1, -0.05) is 24.3 Å². The highest BCUT2D eigenvalue weighted by atomic mass is 32.2. The van der Waals surface area contributed by atoms with E-state index in [4.69, 9.17) is 9.84 Å². The van der Waals surface area contributed by atoms with Gasteiger partial charge in [0.2, 0.25) is 10.0 Å². The number of carboxylic acid groups (broad SMARTS) is 1. The summed E-state index contributed by atoms with van der Waals surface area (Å²) in [5, 5.41) is 9.02. The lowest BCUT2D eigenvalue weighted by Gasteiger charge is -2.21. The third kappa shape index (κ3) is 3.00. The third-order valence-corrected chi connectivity index (χ3v) is 4.80. The van der Waals surface area contributed by atoms with Crippen LogP contribution < -0.4 is 4.74 Å². The van der Waals surface area contributed by atoms with Crippen molar-refractivity contribution in [3.05, 3.63) is 42.0 Å². The van der Waals surface area contributed by atoms with Gasteiger partial charge in [-0.3, -0.25) is 4.79 Å². The molecule has 0 saturated carbocycles. The smallest absolute Gasteiger partial charge is 0.325 e. The fraction of sp³-hybridized carbons (Fsp3) is 0.308. The van der Waals surface area contributed by atoms with Gasteiger partial charge >= 0.3 is 5.97 Å². The largest absolute Gasteiger partial charge is 0.497 e. The van der Waals surface area contributed by atoms with Gasteiger partial charge in [0.1, 0.15) is 11.8 Å². The molecular formula is C13H15NO5S. The van der Waals surface area contributed by atoms with Crippen LogP contribution in [0.5, 0.6) is 5.75 Å². The number of nitrogens with zero attached hydrogens (tertiary/aromatic N) is 1. The molecule has 1 N–H and O–H groups in total. The van der Waals surface area contributed by atoms with E-state index in [0.717, 1.165) is 4.31 Å². The van der Waals surface area contributed by atoms with Crippen molar-refractivity contribution in [2.45, 2.75) is 11.8 Å². The van der Waals surface area contributed by atoms with E-state index in [1.165, 1.54) is 13.2 Å². The first kappa shape index (κ1) is 14.5. The number of methoxy groups -OCH3 is 1. The molecule has 20 heavy (non-hydrogen) atoms. The molecule has 0 fully saturated rings. The van der Waals surface area contributed by atoms with Crippen LogP contribution in [0.3, 0.4) is 0 Å². The Morgan fingerprint density at radius 1 is 1.50 bits per heavy atom. The average molecular weight is 297 g/mol. The molecule has 1 atom stereocenters. The van der Waals surface area contributed by atoms with Crippen LogP contribution in [0.25, 0.3) is 0 Å². The number of rotatable bonds is 5. The highest BCUT2D eigenvalue weighted by Gasteiger charge is 2.35. The van der Waals surface area contributed by atoms with E-state index < -0.39 is 22.0 Å². The van der Waals surface area contributed by atoms with Crippen molar-refractivity contribution in [1.29, 1.82) is 0 Å². The first-order valence-corrected chi connectivity index (χ1v) is 7.57. The summed E-state index contributed by atoms with van der Waals surface area (Å²) >= 11 is 0. The van der Waals surface area contributed by atoms with Crippen molar-refractivity contribution in [3.63, 3.8) is 0 Å². The quantitative estimate of drug-likeness (QED) is 0.815. The number of benzene rings is 1. The van der Waals surface area contributed by atoms with Crippen LogP contribution in [0.4, 0.5) is 0 Å². The van der Waals surface area contributed by atoms with Crippen LogP contribution in [0, 0.1) is 0 Å². The van der Waals surface area contributed by atoms with E-state index >= 15 is 0 Å². The number of sulfonamides is 1. The molecule has 1 unspecified atom stereocenters. The summed E-state index contributed by atoms with van der Waals surface area (Å²) in [4.78, 5) is 11.0. The predicted octanol–water partition coefficient (Wildman–Crippen LogP) is 0.850. The zero-order valence-corrected chi connectivity index (χ0v) is 11.7. The molecule has 0 radical (unpaired) electrons. The first-order chi connectivity index (χ1) is 9.44. The molecule has 0 spiro atoms. The van der Waals surface area contributed by atoms with Crippen molar-refractivity contribution in [3.8, 4) is 5.75 Å². The Labute approximate surface area is 117 Å². The number of hydrogen-bond acceptors (Lipinski definition) is 4. The fourth-order valence-corrected chi connectivity index (χ4v) is 3.64. The van der Waals surface area contributed by atoms with Crippen LogP contribution in [-0.2, 0) is 20.6 Å². The van der Waals surface area contributed by atoms with Gasteiger partial charge in [-0.05, 0) is 17.7 Å². The summed E-state index contributed by atoms with van der Waals surface area (Å²) in [6, 6.07) is 5.58. The van der Waals surface area contributed by atoms with Gasteiger partial charge in [-0.25, -0.2) is 8.42 Å². The average Bonchev–Trinajstić information content (AvgIpc) is 2.88. The van der Waals surface area contributed by atoms with Crippen molar-refractivity contribution in [2.24, 2.45) is 0 Å². The van der Waals surface area contributed by atoms with E-state index in [-0.39, 0.29) is 12.3 Å². The van der Waals surface area contributed by atoms with Gasteiger partial charge in [-0.15, -0.1) is 0 Å². The fourth-order valence-electron chi connectivity index (χ4n) is 2.05. The third-order valence-electron chi connectivity index (χ3n) is 3.01. The van der Waals surface area contributed by atoms with E-state index in [1.54, 1.807) is 30.3 Å². The molecule has 0 saturated heterocycles. The van der Waals surface area contributed by atoms with Gasteiger partial charge in [0.25, 0.3) is 0 Å². The van der Waals surface area contributed by atoms with Crippen LogP contribution in [0.1, 0.15) is 5.56 Å². The number of carboxylic acids is 1. The van der Waals surface area contributed by atoms with Gasteiger partial charge in [-0.2, -0.15) is 4.31 Å². The predicted molar refractivity (Wildman–Crippen MR) is 72.9 cm³/mol. The van der Waals surface area contributed by atoms with Crippen LogP contribution in [-0.4, -0.2) is 43.5 Å². The standard InChI is InChI=1S/C13H15NO5S/c1-19-11-5-2-4-10(8-11)9-20(17,18)14-7-3-6-12(14)13(15)16/h2-6,8,12H,7,9H2,1H3,(H,15,16). The number of carbonyl (C=O) groups is 1. The van der Waals surface area contributed by atoms with Crippen molar-refractivity contribution >= 4 is 16.0 Å². The zero-order chi connectivity index (χ0) is 14.8. The summed E-state index contributed by atoms with van der Waals surface area (Å²) < 4.78 is 30.6. The Balaban J connectivity index is 2.21. The van der Waals surface area contributed by atoms with Gasteiger partial charge in [0.05, 0.1) is 12.9 Å². The van der Waals surface area contributed by atoms with Crippen LogP contribution in [0.2, 0.25) is 0 Å². The second-order valence-electron chi connectivity index (χ2n) is 4.39. The maximum Gasteiger partial charge on any atom is 0.325 e. The molecule has 1 heterocycles. The second-order valence-corrected chi connectivity index (χ2v) is 6.31. The van der Waals surface area contributed by atoms with E-state index in [2.05, 4.69) is 0 Å². The number of ether oxygens (including phenoxy) is 1. The Bertz CT molecular complexity index is 638. The number of aliphatic carboxylic acids is 1. The lowest BCUT2D eigenvalue weighted by molar-refractivity contribution is -0.139. The molecule has 0 aromatic heterocycles. The molecule has 1 aromatic rings. The Morgan fingerprint density at radius 3 is 2.90 bits per heavy atom. The SMILES string of the molecule is COc1cccc(CS(=O)(=O)N2CC=CC2C(=O)O)c1. The van der Waals surface area contributed by atoms with E-state index in [9.17, 15) is 13.2 Å². The summed E-state index contributed by atoms with van der Waals surface area (Å²) in [5.74, 6) is -0.865. The van der Waals surface area contributed by atoms with Crippen LogP contribution in [0.15, 0.2) is 36.4 Å². The molecule has 7 heteroatoms. The second kappa shape index (κ2) is 5.64. The van der Waals surface area contributed by atoms with Crippen LogP contribution >= 0.6 is 0 Å². The highest BCUT2D eigenvalue weighted by molar-refractivity contribution is 7.88. The van der Waals surface area contributed by atoms with Crippen molar-refractivity contribution in [2.75, 3.05) is 13.7 Å². The number of hydrogen-bond donors (Lipinski definition) is 1. The minimum absolute atomic E-state index is 0.0866. The molecule has 0 bridgehead atoms. The molecule has 0 aliphatic carbocycles. The minimum Gasteiger partial charge on any atom is -0.497 e. The summed E-state index contributed by atoms with van der Waals surface area (Å²) in [7, 11) is -2.20. The molecule has 1 aliphatic heterocycles. The highest BCUT2D eigenvalue weighted by Crippen LogP contribution is 2.21. The molecular weight excluding hydrogens is 282 g/mol. The van der Waals surface area contributed by atoms with Crippen molar-refractivity contribution in [1.82, 2.24) is 4.31 Å². The Morgan fingerprint density at radius 2 is 2.25 bits per heavy atom. The topological polar surface area (TPSA) is 83.9 Å². The Hall–Kier alpha value is -1.86. The van der Waals surface area contributed by atoms with E-state index in [1.807, 2.05) is 0 Å². The van der Waals surface area contributed by atoms with Gasteiger partial charge in [0.15, 0.2) is 0 Å². The minimum atomic E-state index is -3.70. The molecule has 6 nitrogen and oxygen atoms in total. The van der Waals surface area contributed by atoms with E-state index in [0.29, 0.717) is 11.3 Å². The van der Waals surface area contributed by atoms with Gasteiger partial charge in [0, 0.05) is 6.54 Å². The maximum atomic E-state index is 12.3. The zero-order valence-electron chi connectivity index (χ0n) is 10.9. The molecule has 108 valence electrons. The monoisotopic (exact) mass is 297 g/mol. The molecule has 2 rings (SSSR count). The molecule has 1 aliphatic rings. The summed E-state index contributed by atoms with van der Waals surface area (Å²) in [6.45, 7) is 0.0866. The van der Waals surface area contributed by atoms with Gasteiger partial charge < -0.3 is 9.84 Å². The lowest BCUT2D eigenvalue weighted by Crippen LogP contribution is -2.41.